The first-order chi connectivity index (χ1) is 15.4. The molecule has 4 rings (SSSR count). The SMILES string of the molecule is CSc1ccc(S(=O)(=O)N[C@@H](C)c2ccc3c(c2)OCCO3)cc1C(=O)N1CCCCC1. The van der Waals surface area contributed by atoms with Gasteiger partial charge in [0.1, 0.15) is 13.2 Å². The number of likely N-dealkylation sites (tertiary alicyclic amines) is 1. The normalized spacial score (nSPS) is 17.1. The Morgan fingerprint density at radius 3 is 2.47 bits per heavy atom. The summed E-state index contributed by atoms with van der Waals surface area (Å²) in [7, 11) is -3.84. The Labute approximate surface area is 193 Å². The molecule has 1 N–H and O–H groups in total. The average Bonchev–Trinajstić information content (AvgIpc) is 2.83. The first-order valence-electron chi connectivity index (χ1n) is 10.8. The van der Waals surface area contributed by atoms with Crippen molar-refractivity contribution < 1.29 is 22.7 Å². The molecule has 0 unspecified atom stereocenters. The van der Waals surface area contributed by atoms with Crippen molar-refractivity contribution in [2.75, 3.05) is 32.6 Å². The van der Waals surface area contributed by atoms with Gasteiger partial charge in [0.05, 0.1) is 10.5 Å². The number of amides is 1. The number of carbonyl (C=O) groups excluding carboxylic acids is 1. The van der Waals surface area contributed by atoms with E-state index in [2.05, 4.69) is 4.72 Å². The Bertz CT molecular complexity index is 1100. The zero-order valence-electron chi connectivity index (χ0n) is 18.3. The van der Waals surface area contributed by atoms with E-state index in [1.54, 1.807) is 31.2 Å². The zero-order valence-corrected chi connectivity index (χ0v) is 19.9. The lowest BCUT2D eigenvalue weighted by molar-refractivity contribution is 0.0720. The van der Waals surface area contributed by atoms with Gasteiger partial charge in [0.25, 0.3) is 5.91 Å². The van der Waals surface area contributed by atoms with Gasteiger partial charge in [-0.15, -0.1) is 11.8 Å². The number of nitrogens with zero attached hydrogens (tertiary/aromatic N) is 1. The van der Waals surface area contributed by atoms with Crippen molar-refractivity contribution in [3.8, 4) is 11.5 Å². The standard InChI is InChI=1S/C23H28N2O5S2/c1-16(17-6-8-20-21(14-17)30-13-12-29-20)24-32(27,28)18-7-9-22(31-2)19(15-18)23(26)25-10-4-3-5-11-25/h6-9,14-16,24H,3-5,10-13H2,1-2H3/t16-/m0/s1. The van der Waals surface area contributed by atoms with Gasteiger partial charge in [-0.1, -0.05) is 6.07 Å². The van der Waals surface area contributed by atoms with Crippen molar-refractivity contribution in [1.82, 2.24) is 9.62 Å². The number of thioether (sulfide) groups is 1. The molecule has 1 fully saturated rings. The van der Waals surface area contributed by atoms with Crippen LogP contribution in [-0.4, -0.2) is 51.8 Å². The van der Waals surface area contributed by atoms with Crippen LogP contribution in [0.5, 0.6) is 11.5 Å². The number of hydrogen-bond donors (Lipinski definition) is 1. The fourth-order valence-corrected chi connectivity index (χ4v) is 5.81. The van der Waals surface area contributed by atoms with Crippen LogP contribution in [0.25, 0.3) is 0 Å². The average molecular weight is 477 g/mol. The Kier molecular flexibility index (Phi) is 6.97. The quantitative estimate of drug-likeness (QED) is 0.638. The predicted octanol–water partition coefficient (Wildman–Crippen LogP) is 3.85. The molecule has 0 saturated carbocycles. The van der Waals surface area contributed by atoms with Gasteiger partial charge in [-0.2, -0.15) is 0 Å². The smallest absolute Gasteiger partial charge is 0.255 e. The maximum atomic E-state index is 13.2. The fraction of sp³-hybridized carbons (Fsp3) is 0.435. The second-order valence-electron chi connectivity index (χ2n) is 7.96. The van der Waals surface area contributed by atoms with Crippen molar-refractivity contribution in [2.45, 2.75) is 42.0 Å². The zero-order chi connectivity index (χ0) is 22.7. The second-order valence-corrected chi connectivity index (χ2v) is 10.5. The molecule has 0 spiro atoms. The van der Waals surface area contributed by atoms with Crippen molar-refractivity contribution in [1.29, 1.82) is 0 Å². The van der Waals surface area contributed by atoms with Gasteiger partial charge in [0.15, 0.2) is 11.5 Å². The van der Waals surface area contributed by atoms with E-state index < -0.39 is 16.1 Å². The lowest BCUT2D eigenvalue weighted by Crippen LogP contribution is -2.36. The van der Waals surface area contributed by atoms with Crippen LogP contribution in [0.3, 0.4) is 0 Å². The summed E-state index contributed by atoms with van der Waals surface area (Å²) in [6.45, 7) is 4.16. The van der Waals surface area contributed by atoms with Crippen molar-refractivity contribution in [3.63, 3.8) is 0 Å². The van der Waals surface area contributed by atoms with Crippen LogP contribution in [0.15, 0.2) is 46.2 Å². The number of ether oxygens (including phenoxy) is 2. The van der Waals surface area contributed by atoms with E-state index >= 15 is 0 Å². The van der Waals surface area contributed by atoms with Crippen molar-refractivity contribution >= 4 is 27.7 Å². The summed E-state index contributed by atoms with van der Waals surface area (Å²) >= 11 is 1.44. The molecular weight excluding hydrogens is 448 g/mol. The van der Waals surface area contributed by atoms with Crippen LogP contribution in [0.1, 0.15) is 48.1 Å². The highest BCUT2D eigenvalue weighted by Crippen LogP contribution is 2.33. The highest BCUT2D eigenvalue weighted by Gasteiger charge is 2.25. The summed E-state index contributed by atoms with van der Waals surface area (Å²) in [4.78, 5) is 15.8. The molecule has 9 heteroatoms. The molecular formula is C23H28N2O5S2. The molecule has 2 heterocycles. The second kappa shape index (κ2) is 9.72. The highest BCUT2D eigenvalue weighted by atomic mass is 32.2. The molecule has 0 aromatic heterocycles. The topological polar surface area (TPSA) is 84.9 Å². The number of fused-ring (bicyclic) bond motifs is 1. The van der Waals surface area contributed by atoms with Crippen LogP contribution < -0.4 is 14.2 Å². The maximum Gasteiger partial charge on any atom is 0.255 e. The monoisotopic (exact) mass is 476 g/mol. The fourth-order valence-electron chi connectivity index (χ4n) is 3.99. The highest BCUT2D eigenvalue weighted by molar-refractivity contribution is 7.98. The van der Waals surface area contributed by atoms with E-state index in [1.807, 2.05) is 17.2 Å². The predicted molar refractivity (Wildman–Crippen MR) is 124 cm³/mol. The van der Waals surface area contributed by atoms with Gasteiger partial charge < -0.3 is 14.4 Å². The molecule has 2 aromatic rings. The van der Waals surface area contributed by atoms with E-state index in [-0.39, 0.29) is 10.8 Å². The third kappa shape index (κ3) is 4.89. The number of carbonyl (C=O) groups is 1. The van der Waals surface area contributed by atoms with Gasteiger partial charge >= 0.3 is 0 Å². The molecule has 0 bridgehead atoms. The lowest BCUT2D eigenvalue weighted by atomic mass is 10.1. The number of benzene rings is 2. The van der Waals surface area contributed by atoms with Crippen LogP contribution in [0.4, 0.5) is 0 Å². The summed E-state index contributed by atoms with van der Waals surface area (Å²) in [5.74, 6) is 1.16. The minimum atomic E-state index is -3.84. The van der Waals surface area contributed by atoms with E-state index in [0.717, 1.165) is 29.7 Å². The Morgan fingerprint density at radius 2 is 1.75 bits per heavy atom. The molecule has 1 saturated heterocycles. The minimum Gasteiger partial charge on any atom is -0.486 e. The summed E-state index contributed by atoms with van der Waals surface area (Å²) in [5.41, 5.74) is 1.21. The first kappa shape index (κ1) is 22.9. The molecule has 32 heavy (non-hydrogen) atoms. The third-order valence-corrected chi connectivity index (χ3v) is 8.09. The van der Waals surface area contributed by atoms with Crippen LogP contribution in [0.2, 0.25) is 0 Å². The molecule has 1 atom stereocenters. The molecule has 0 aliphatic carbocycles. The Hall–Kier alpha value is -2.23. The van der Waals surface area contributed by atoms with Crippen molar-refractivity contribution in [3.05, 3.63) is 47.5 Å². The van der Waals surface area contributed by atoms with Gasteiger partial charge in [-0.05, 0) is 68.3 Å². The number of nitrogens with one attached hydrogen (secondary N) is 1. The van der Waals surface area contributed by atoms with Crippen molar-refractivity contribution in [2.24, 2.45) is 0 Å². The van der Waals surface area contributed by atoms with Gasteiger partial charge in [0.2, 0.25) is 10.0 Å². The first-order valence-corrected chi connectivity index (χ1v) is 13.5. The maximum absolute atomic E-state index is 13.2. The molecule has 1 amide bonds. The third-order valence-electron chi connectivity index (χ3n) is 5.75. The number of sulfonamides is 1. The van der Waals surface area contributed by atoms with E-state index in [0.29, 0.717) is 43.4 Å². The van der Waals surface area contributed by atoms with E-state index in [9.17, 15) is 13.2 Å². The number of hydrogen-bond acceptors (Lipinski definition) is 6. The molecule has 2 aliphatic rings. The van der Waals surface area contributed by atoms with Gasteiger partial charge in [-0.25, -0.2) is 13.1 Å². The Balaban J connectivity index is 1.57. The Morgan fingerprint density at radius 1 is 1.03 bits per heavy atom. The van der Waals surface area contributed by atoms with Crippen LogP contribution in [0, 0.1) is 0 Å². The summed E-state index contributed by atoms with van der Waals surface area (Å²) < 4.78 is 40.2. The van der Waals surface area contributed by atoms with Gasteiger partial charge in [0, 0.05) is 24.0 Å². The molecule has 2 aromatic carbocycles. The van der Waals surface area contributed by atoms with E-state index in [4.69, 9.17) is 9.47 Å². The van der Waals surface area contributed by atoms with E-state index in [1.165, 1.54) is 17.8 Å². The summed E-state index contributed by atoms with van der Waals surface area (Å²) in [6.07, 6.45) is 4.97. The molecule has 2 aliphatic heterocycles. The molecule has 0 radical (unpaired) electrons. The number of piperidine rings is 1. The largest absolute Gasteiger partial charge is 0.486 e. The van der Waals surface area contributed by atoms with Crippen LogP contribution >= 0.6 is 11.8 Å². The van der Waals surface area contributed by atoms with Crippen LogP contribution in [-0.2, 0) is 10.0 Å². The summed E-state index contributed by atoms with van der Waals surface area (Å²) in [6, 6.07) is 9.69. The molecule has 172 valence electrons. The van der Waals surface area contributed by atoms with Gasteiger partial charge in [-0.3, -0.25) is 4.79 Å². The minimum absolute atomic E-state index is 0.0834. The summed E-state index contributed by atoms with van der Waals surface area (Å²) in [5, 5.41) is 0. The molecule has 7 nitrogen and oxygen atoms in total. The number of rotatable bonds is 6. The lowest BCUT2D eigenvalue weighted by Gasteiger charge is -2.27.